The van der Waals surface area contributed by atoms with Crippen molar-refractivity contribution in [1.82, 2.24) is 25.4 Å². The van der Waals surface area contributed by atoms with Crippen LogP contribution in [0.5, 0.6) is 0 Å². The van der Waals surface area contributed by atoms with Crippen LogP contribution < -0.4 is 10.6 Å². The molecule has 114 valence electrons. The zero-order valence-corrected chi connectivity index (χ0v) is 12.8. The molecular formula is C13H19N5O2S. The summed E-state index contributed by atoms with van der Waals surface area (Å²) in [5.41, 5.74) is 0. The van der Waals surface area contributed by atoms with Crippen LogP contribution in [0.4, 0.5) is 0 Å². The van der Waals surface area contributed by atoms with Gasteiger partial charge < -0.3 is 15.2 Å². The lowest BCUT2D eigenvalue weighted by Gasteiger charge is -2.08. The number of carbonyl (C=O) groups excluding carboxylic acids is 2. The van der Waals surface area contributed by atoms with Gasteiger partial charge in [-0.1, -0.05) is 11.8 Å². The Hall–Kier alpha value is -1.57. The van der Waals surface area contributed by atoms with Crippen LogP contribution >= 0.6 is 11.8 Å². The number of nitrogens with zero attached hydrogens (tertiary/aromatic N) is 3. The van der Waals surface area contributed by atoms with E-state index in [1.165, 1.54) is 37.4 Å². The molecule has 2 N–H and O–H groups in total. The minimum Gasteiger partial charge on any atom is -0.358 e. The number of amides is 2. The second-order valence-corrected chi connectivity index (χ2v) is 6.40. The highest BCUT2D eigenvalue weighted by Gasteiger charge is 2.36. The van der Waals surface area contributed by atoms with E-state index < -0.39 is 0 Å². The molecule has 2 saturated carbocycles. The van der Waals surface area contributed by atoms with Gasteiger partial charge in [-0.2, -0.15) is 0 Å². The SMILES string of the molecule is CNC(=O)CNC(=O)CSc1nnc(C2CC2)n1C1CC1. The Kier molecular flexibility index (Phi) is 4.14. The predicted octanol–water partition coefficient (Wildman–Crippen LogP) is 0.445. The first-order chi connectivity index (χ1) is 10.2. The standard InChI is InChI=1S/C13H19N5O2S/c1-14-10(19)6-15-11(20)7-21-13-17-16-12(8-2-3-8)18(13)9-4-5-9/h8-9H,2-7H2,1H3,(H,14,19)(H,15,20). The van der Waals surface area contributed by atoms with E-state index in [1.54, 1.807) is 7.05 Å². The first kappa shape index (κ1) is 14.4. The molecule has 1 aromatic heterocycles. The van der Waals surface area contributed by atoms with Crippen LogP contribution in [0.1, 0.15) is 43.5 Å². The largest absolute Gasteiger partial charge is 0.358 e. The summed E-state index contributed by atoms with van der Waals surface area (Å²) in [5, 5.41) is 14.4. The summed E-state index contributed by atoms with van der Waals surface area (Å²) in [6.45, 7) is 0.0124. The van der Waals surface area contributed by atoms with Crippen LogP contribution in [0, 0.1) is 0 Å². The third-order valence-electron chi connectivity index (χ3n) is 3.60. The van der Waals surface area contributed by atoms with Crippen LogP contribution in [0.25, 0.3) is 0 Å². The second kappa shape index (κ2) is 6.05. The Morgan fingerprint density at radius 1 is 1.24 bits per heavy atom. The van der Waals surface area contributed by atoms with Crippen LogP contribution in [-0.4, -0.2) is 45.9 Å². The number of hydrogen-bond acceptors (Lipinski definition) is 5. The van der Waals surface area contributed by atoms with Gasteiger partial charge in [0.1, 0.15) is 5.82 Å². The molecule has 2 aliphatic carbocycles. The van der Waals surface area contributed by atoms with Crippen LogP contribution in [0.2, 0.25) is 0 Å². The molecule has 0 unspecified atom stereocenters. The van der Waals surface area contributed by atoms with Gasteiger partial charge in [0, 0.05) is 19.0 Å². The summed E-state index contributed by atoms with van der Waals surface area (Å²) in [7, 11) is 1.54. The van der Waals surface area contributed by atoms with Gasteiger partial charge in [0.2, 0.25) is 11.8 Å². The monoisotopic (exact) mass is 309 g/mol. The molecule has 2 fully saturated rings. The van der Waals surface area contributed by atoms with Gasteiger partial charge >= 0.3 is 0 Å². The molecule has 1 aromatic rings. The Labute approximate surface area is 127 Å². The van der Waals surface area contributed by atoms with E-state index in [0.717, 1.165) is 11.0 Å². The Balaban J connectivity index is 1.55. The fourth-order valence-electron chi connectivity index (χ4n) is 2.13. The van der Waals surface area contributed by atoms with Gasteiger partial charge in [0.25, 0.3) is 0 Å². The molecule has 0 atom stereocenters. The van der Waals surface area contributed by atoms with Crippen LogP contribution in [0.15, 0.2) is 5.16 Å². The molecule has 0 bridgehead atoms. The van der Waals surface area contributed by atoms with Crippen molar-refractivity contribution in [2.24, 2.45) is 0 Å². The normalized spacial score (nSPS) is 17.6. The molecule has 3 rings (SSSR count). The van der Waals surface area contributed by atoms with E-state index in [4.69, 9.17) is 0 Å². The topological polar surface area (TPSA) is 88.9 Å². The molecule has 0 aromatic carbocycles. The lowest BCUT2D eigenvalue weighted by Crippen LogP contribution is -2.36. The van der Waals surface area contributed by atoms with E-state index in [9.17, 15) is 9.59 Å². The van der Waals surface area contributed by atoms with Crippen molar-refractivity contribution < 1.29 is 9.59 Å². The molecule has 0 radical (unpaired) electrons. The molecule has 2 aliphatic rings. The van der Waals surface area contributed by atoms with Crippen molar-refractivity contribution in [3.63, 3.8) is 0 Å². The number of rotatable bonds is 7. The van der Waals surface area contributed by atoms with Crippen molar-refractivity contribution in [2.45, 2.75) is 42.8 Å². The zero-order valence-electron chi connectivity index (χ0n) is 12.0. The lowest BCUT2D eigenvalue weighted by atomic mass is 10.4. The average Bonchev–Trinajstić information content (AvgIpc) is 3.41. The van der Waals surface area contributed by atoms with Gasteiger partial charge in [-0.15, -0.1) is 10.2 Å². The predicted molar refractivity (Wildman–Crippen MR) is 78.1 cm³/mol. The molecule has 0 saturated heterocycles. The smallest absolute Gasteiger partial charge is 0.239 e. The Morgan fingerprint density at radius 2 is 2.00 bits per heavy atom. The van der Waals surface area contributed by atoms with Gasteiger partial charge in [-0.3, -0.25) is 9.59 Å². The summed E-state index contributed by atoms with van der Waals surface area (Å²) >= 11 is 1.39. The number of hydrogen-bond donors (Lipinski definition) is 2. The van der Waals surface area contributed by atoms with E-state index in [2.05, 4.69) is 25.4 Å². The number of nitrogens with one attached hydrogen (secondary N) is 2. The summed E-state index contributed by atoms with van der Waals surface area (Å²) < 4.78 is 2.22. The van der Waals surface area contributed by atoms with Gasteiger partial charge in [0.15, 0.2) is 5.16 Å². The highest BCUT2D eigenvalue weighted by Crippen LogP contribution is 2.45. The maximum atomic E-state index is 11.7. The molecular weight excluding hydrogens is 290 g/mol. The van der Waals surface area contributed by atoms with E-state index >= 15 is 0 Å². The van der Waals surface area contributed by atoms with E-state index in [-0.39, 0.29) is 24.1 Å². The lowest BCUT2D eigenvalue weighted by molar-refractivity contribution is -0.124. The highest BCUT2D eigenvalue weighted by atomic mass is 32.2. The summed E-state index contributed by atoms with van der Waals surface area (Å²) in [5.74, 6) is 1.54. The van der Waals surface area contributed by atoms with Crippen molar-refractivity contribution >= 4 is 23.6 Å². The molecule has 0 spiro atoms. The minimum absolute atomic E-state index is 0.0124. The van der Waals surface area contributed by atoms with Crippen LogP contribution in [-0.2, 0) is 9.59 Å². The molecule has 21 heavy (non-hydrogen) atoms. The van der Waals surface area contributed by atoms with Gasteiger partial charge in [-0.05, 0) is 25.7 Å². The third kappa shape index (κ3) is 3.55. The molecule has 0 aliphatic heterocycles. The second-order valence-electron chi connectivity index (χ2n) is 5.45. The first-order valence-electron chi connectivity index (χ1n) is 7.24. The highest BCUT2D eigenvalue weighted by molar-refractivity contribution is 7.99. The van der Waals surface area contributed by atoms with Gasteiger partial charge in [-0.25, -0.2) is 0 Å². The Bertz CT molecular complexity index is 551. The molecule has 8 heteroatoms. The molecule has 7 nitrogen and oxygen atoms in total. The number of aromatic nitrogens is 3. The third-order valence-corrected chi connectivity index (χ3v) is 4.55. The number of carbonyl (C=O) groups is 2. The van der Waals surface area contributed by atoms with Crippen molar-refractivity contribution in [1.29, 1.82) is 0 Å². The minimum atomic E-state index is -0.203. The summed E-state index contributed by atoms with van der Waals surface area (Å²) in [6, 6.07) is 0.520. The van der Waals surface area contributed by atoms with Crippen molar-refractivity contribution in [3.8, 4) is 0 Å². The van der Waals surface area contributed by atoms with Crippen molar-refractivity contribution in [2.75, 3.05) is 19.3 Å². The Morgan fingerprint density at radius 3 is 2.62 bits per heavy atom. The quantitative estimate of drug-likeness (QED) is 0.714. The van der Waals surface area contributed by atoms with Gasteiger partial charge in [0.05, 0.1) is 12.3 Å². The summed E-state index contributed by atoms with van der Waals surface area (Å²) in [4.78, 5) is 22.8. The fourth-order valence-corrected chi connectivity index (χ4v) is 2.97. The summed E-state index contributed by atoms with van der Waals surface area (Å²) in [6.07, 6.45) is 4.74. The zero-order chi connectivity index (χ0) is 14.8. The van der Waals surface area contributed by atoms with E-state index in [1.807, 2.05) is 0 Å². The van der Waals surface area contributed by atoms with Crippen molar-refractivity contribution in [3.05, 3.63) is 5.82 Å². The maximum absolute atomic E-state index is 11.7. The molecule has 1 heterocycles. The number of likely N-dealkylation sites (N-methyl/N-ethyl adjacent to an activating group) is 1. The molecule has 2 amide bonds. The first-order valence-corrected chi connectivity index (χ1v) is 8.22. The van der Waals surface area contributed by atoms with Crippen LogP contribution in [0.3, 0.4) is 0 Å². The average molecular weight is 309 g/mol. The number of thioether (sulfide) groups is 1. The fraction of sp³-hybridized carbons (Fsp3) is 0.692. The maximum Gasteiger partial charge on any atom is 0.239 e. The van der Waals surface area contributed by atoms with E-state index in [0.29, 0.717) is 12.0 Å².